The van der Waals surface area contributed by atoms with Gasteiger partial charge in [0.1, 0.15) is 18.3 Å². The first-order valence-electron chi connectivity index (χ1n) is 3.87. The number of carbonyl (C=O) groups excluding carboxylic acids is 1. The van der Waals surface area contributed by atoms with E-state index in [0.717, 1.165) is 0 Å². The lowest BCUT2D eigenvalue weighted by atomic mass is 10.0. The number of aliphatic hydroxyl groups is 4. The second kappa shape index (κ2) is 6.01. The van der Waals surface area contributed by atoms with Crippen molar-refractivity contribution in [3.05, 3.63) is 0 Å². The number of aliphatic hydroxyl groups excluding tert-OH is 4. The van der Waals surface area contributed by atoms with E-state index in [1.807, 2.05) is 0 Å². The summed E-state index contributed by atoms with van der Waals surface area (Å²) in [5.74, 6) is -0.637. The van der Waals surface area contributed by atoms with Crippen LogP contribution in [0.4, 0.5) is 0 Å². The topological polar surface area (TPSA) is 110 Å². The number of Topliss-reactive ketones (excluding diaryl/α,β-unsaturated/α-hetero) is 1. The maximum Gasteiger partial charge on any atom is 0.177 e. The van der Waals surface area contributed by atoms with Gasteiger partial charge in [-0.25, -0.2) is 0 Å². The highest BCUT2D eigenvalue weighted by molar-refractivity contribution is 5.85. The van der Waals surface area contributed by atoms with Crippen molar-refractivity contribution in [1.29, 1.82) is 0 Å². The molecule has 0 aliphatic rings. The van der Waals surface area contributed by atoms with Gasteiger partial charge in [-0.05, 0) is 7.05 Å². The van der Waals surface area contributed by atoms with Crippen LogP contribution in [0.15, 0.2) is 0 Å². The van der Waals surface area contributed by atoms with Gasteiger partial charge in [-0.3, -0.25) is 4.79 Å². The SMILES string of the molecule is CNCC(=O)[C@H](O)[C@@H](O)[C@H](O)CO. The third kappa shape index (κ3) is 3.79. The molecule has 0 spiro atoms. The summed E-state index contributed by atoms with van der Waals surface area (Å²) >= 11 is 0. The van der Waals surface area contributed by atoms with E-state index in [1.54, 1.807) is 0 Å². The van der Waals surface area contributed by atoms with Crippen molar-refractivity contribution in [2.45, 2.75) is 18.3 Å². The molecule has 0 aromatic carbocycles. The van der Waals surface area contributed by atoms with E-state index in [4.69, 9.17) is 20.4 Å². The van der Waals surface area contributed by atoms with Crippen LogP contribution in [0.5, 0.6) is 0 Å². The molecule has 13 heavy (non-hydrogen) atoms. The lowest BCUT2D eigenvalue weighted by Gasteiger charge is -2.20. The number of hydrogen-bond acceptors (Lipinski definition) is 6. The second-order valence-electron chi connectivity index (χ2n) is 2.68. The molecule has 0 saturated heterocycles. The summed E-state index contributed by atoms with van der Waals surface area (Å²) in [5, 5.41) is 38.0. The molecule has 0 saturated carbocycles. The van der Waals surface area contributed by atoms with E-state index < -0.39 is 30.7 Å². The maximum absolute atomic E-state index is 10.9. The predicted octanol–water partition coefficient (Wildman–Crippen LogP) is -3.15. The Morgan fingerprint density at radius 2 is 1.92 bits per heavy atom. The molecule has 0 aromatic rings. The number of nitrogens with one attached hydrogen (secondary N) is 1. The maximum atomic E-state index is 10.9. The van der Waals surface area contributed by atoms with Crippen molar-refractivity contribution in [2.75, 3.05) is 20.2 Å². The van der Waals surface area contributed by atoms with Gasteiger partial charge < -0.3 is 25.7 Å². The lowest BCUT2D eigenvalue weighted by molar-refractivity contribution is -0.139. The van der Waals surface area contributed by atoms with Crippen LogP contribution in [0.3, 0.4) is 0 Å². The highest BCUT2D eigenvalue weighted by atomic mass is 16.4. The van der Waals surface area contributed by atoms with Gasteiger partial charge in [0.25, 0.3) is 0 Å². The Morgan fingerprint density at radius 3 is 2.31 bits per heavy atom. The molecule has 0 heterocycles. The van der Waals surface area contributed by atoms with Crippen molar-refractivity contribution in [1.82, 2.24) is 5.32 Å². The van der Waals surface area contributed by atoms with Gasteiger partial charge in [-0.15, -0.1) is 0 Å². The fourth-order valence-electron chi connectivity index (χ4n) is 0.788. The van der Waals surface area contributed by atoms with Crippen LogP contribution in [0.2, 0.25) is 0 Å². The molecule has 0 radical (unpaired) electrons. The number of hydrogen-bond donors (Lipinski definition) is 5. The molecular weight excluding hydrogens is 178 g/mol. The first-order valence-corrected chi connectivity index (χ1v) is 3.87. The Labute approximate surface area is 75.8 Å². The Balaban J connectivity index is 4.07. The standard InChI is InChI=1S/C7H15NO5/c1-8-2-4(10)6(12)7(13)5(11)3-9/h5-9,11-13H,2-3H2,1H3/t5-,6+,7+/m1/s1. The molecule has 6 nitrogen and oxygen atoms in total. The van der Waals surface area contributed by atoms with Gasteiger partial charge in [0.15, 0.2) is 5.78 Å². The molecule has 0 amide bonds. The van der Waals surface area contributed by atoms with Crippen LogP contribution in [0, 0.1) is 0 Å². The molecule has 0 rings (SSSR count). The fraction of sp³-hybridized carbons (Fsp3) is 0.857. The van der Waals surface area contributed by atoms with Gasteiger partial charge in [0.2, 0.25) is 0 Å². The van der Waals surface area contributed by atoms with E-state index >= 15 is 0 Å². The van der Waals surface area contributed by atoms with Gasteiger partial charge in [-0.1, -0.05) is 0 Å². The van der Waals surface area contributed by atoms with Crippen LogP contribution in [0.25, 0.3) is 0 Å². The first kappa shape index (κ1) is 12.5. The fourth-order valence-corrected chi connectivity index (χ4v) is 0.788. The molecule has 78 valence electrons. The van der Waals surface area contributed by atoms with Crippen molar-refractivity contribution >= 4 is 5.78 Å². The highest BCUT2D eigenvalue weighted by Gasteiger charge is 2.28. The molecule has 0 aromatic heterocycles. The molecule has 0 aliphatic heterocycles. The summed E-state index contributed by atoms with van der Waals surface area (Å²) < 4.78 is 0. The zero-order chi connectivity index (χ0) is 10.4. The molecule has 0 fully saturated rings. The van der Waals surface area contributed by atoms with Gasteiger partial charge in [0.05, 0.1) is 13.2 Å². The first-order chi connectivity index (χ1) is 6.04. The molecule has 0 aliphatic carbocycles. The molecule has 5 N–H and O–H groups in total. The predicted molar refractivity (Wildman–Crippen MR) is 44.0 cm³/mol. The van der Waals surface area contributed by atoms with Crippen LogP contribution in [-0.2, 0) is 4.79 Å². The summed E-state index contributed by atoms with van der Waals surface area (Å²) in [4.78, 5) is 10.9. The summed E-state index contributed by atoms with van der Waals surface area (Å²) in [6, 6.07) is 0. The highest BCUT2D eigenvalue weighted by Crippen LogP contribution is 2.00. The average Bonchev–Trinajstić information content (AvgIpc) is 2.14. The van der Waals surface area contributed by atoms with E-state index in [0.29, 0.717) is 0 Å². The van der Waals surface area contributed by atoms with Crippen molar-refractivity contribution in [3.8, 4) is 0 Å². The third-order valence-electron chi connectivity index (χ3n) is 1.59. The quantitative estimate of drug-likeness (QED) is 0.305. The lowest BCUT2D eigenvalue weighted by Crippen LogP contribution is -2.46. The van der Waals surface area contributed by atoms with E-state index in [-0.39, 0.29) is 6.54 Å². The summed E-state index contributed by atoms with van der Waals surface area (Å²) in [6.07, 6.45) is -4.82. The zero-order valence-electron chi connectivity index (χ0n) is 7.34. The Morgan fingerprint density at radius 1 is 1.38 bits per heavy atom. The van der Waals surface area contributed by atoms with Gasteiger partial charge >= 0.3 is 0 Å². The Kier molecular flexibility index (Phi) is 5.76. The minimum Gasteiger partial charge on any atom is -0.394 e. The molecule has 0 bridgehead atoms. The summed E-state index contributed by atoms with van der Waals surface area (Å²) in [5.41, 5.74) is 0. The number of carbonyl (C=O) groups is 1. The van der Waals surface area contributed by atoms with E-state index in [2.05, 4.69) is 5.32 Å². The van der Waals surface area contributed by atoms with Crippen LogP contribution < -0.4 is 5.32 Å². The normalized spacial score (nSPS) is 17.9. The monoisotopic (exact) mass is 193 g/mol. The van der Waals surface area contributed by atoms with Crippen molar-refractivity contribution in [2.24, 2.45) is 0 Å². The number of likely N-dealkylation sites (N-methyl/N-ethyl adjacent to an activating group) is 1. The molecule has 3 atom stereocenters. The van der Waals surface area contributed by atoms with Gasteiger partial charge in [-0.2, -0.15) is 0 Å². The van der Waals surface area contributed by atoms with Crippen molar-refractivity contribution in [3.63, 3.8) is 0 Å². The van der Waals surface area contributed by atoms with E-state index in [9.17, 15) is 4.79 Å². The van der Waals surface area contributed by atoms with Crippen LogP contribution in [0.1, 0.15) is 0 Å². The molecule has 6 heteroatoms. The Hall–Kier alpha value is -0.530. The zero-order valence-corrected chi connectivity index (χ0v) is 7.34. The number of rotatable bonds is 6. The van der Waals surface area contributed by atoms with Crippen molar-refractivity contribution < 1.29 is 25.2 Å². The minimum absolute atomic E-state index is 0.101. The van der Waals surface area contributed by atoms with Crippen LogP contribution in [-0.4, -0.2) is 64.7 Å². The summed E-state index contributed by atoms with van der Waals surface area (Å²) in [6.45, 7) is -0.804. The Bertz CT molecular complexity index is 163. The summed E-state index contributed by atoms with van der Waals surface area (Å²) in [7, 11) is 1.51. The second-order valence-corrected chi connectivity index (χ2v) is 2.68. The molecule has 0 unspecified atom stereocenters. The van der Waals surface area contributed by atoms with Gasteiger partial charge in [0, 0.05) is 0 Å². The van der Waals surface area contributed by atoms with E-state index in [1.165, 1.54) is 7.05 Å². The number of ketones is 1. The average molecular weight is 193 g/mol. The third-order valence-corrected chi connectivity index (χ3v) is 1.59. The smallest absolute Gasteiger partial charge is 0.177 e. The largest absolute Gasteiger partial charge is 0.394 e. The molecular formula is C7H15NO5. The minimum atomic E-state index is -1.67. The van der Waals surface area contributed by atoms with Crippen LogP contribution >= 0.6 is 0 Å².